The van der Waals surface area contributed by atoms with E-state index in [9.17, 15) is 5.11 Å². The van der Waals surface area contributed by atoms with Crippen LogP contribution >= 0.6 is 11.6 Å². The van der Waals surface area contributed by atoms with Gasteiger partial charge in [-0.25, -0.2) is 15.0 Å². The molecule has 0 unspecified atom stereocenters. The van der Waals surface area contributed by atoms with Crippen LogP contribution < -0.4 is 0 Å². The third-order valence-electron chi connectivity index (χ3n) is 4.12. The molecule has 2 aromatic carbocycles. The van der Waals surface area contributed by atoms with E-state index in [2.05, 4.69) is 22.1 Å². The Hall–Kier alpha value is -2.92. The van der Waals surface area contributed by atoms with Crippen molar-refractivity contribution in [1.82, 2.24) is 19.5 Å². The molecule has 0 atom stereocenters. The summed E-state index contributed by atoms with van der Waals surface area (Å²) in [5.41, 5.74) is 4.24. The van der Waals surface area contributed by atoms with Gasteiger partial charge >= 0.3 is 0 Å². The van der Waals surface area contributed by atoms with Gasteiger partial charge in [-0.2, -0.15) is 0 Å². The second-order valence-corrected chi connectivity index (χ2v) is 6.20. The number of hydrogen-bond acceptors (Lipinski definition) is 4. The maximum Gasteiger partial charge on any atom is 0.165 e. The number of rotatable bonds is 3. The second-order valence-electron chi connectivity index (χ2n) is 5.84. The van der Waals surface area contributed by atoms with Crippen molar-refractivity contribution in [3.63, 3.8) is 0 Å². The van der Waals surface area contributed by atoms with Gasteiger partial charge < -0.3 is 9.67 Å². The van der Waals surface area contributed by atoms with E-state index in [1.807, 2.05) is 35.8 Å². The average Bonchev–Trinajstić information content (AvgIpc) is 2.96. The van der Waals surface area contributed by atoms with Crippen LogP contribution in [0.5, 0.6) is 5.75 Å². The molecule has 0 aliphatic heterocycles. The number of aryl methyl sites for hydroxylation is 1. The average molecular weight is 351 g/mol. The summed E-state index contributed by atoms with van der Waals surface area (Å²) in [4.78, 5) is 13.1. The van der Waals surface area contributed by atoms with Gasteiger partial charge in [0.05, 0.1) is 6.54 Å². The van der Waals surface area contributed by atoms with Gasteiger partial charge in [0.1, 0.15) is 23.4 Å². The first kappa shape index (κ1) is 15.6. The molecule has 5 nitrogen and oxygen atoms in total. The maximum atomic E-state index is 9.70. The number of aromatic hydroxyl groups is 1. The van der Waals surface area contributed by atoms with Crippen molar-refractivity contribution >= 4 is 22.8 Å². The first-order valence-electron chi connectivity index (χ1n) is 7.84. The zero-order valence-electron chi connectivity index (χ0n) is 13.5. The molecule has 0 saturated heterocycles. The highest BCUT2D eigenvalue weighted by atomic mass is 35.5. The lowest BCUT2D eigenvalue weighted by atomic mass is 10.1. The summed E-state index contributed by atoms with van der Waals surface area (Å²) in [6.45, 7) is 2.55. The van der Waals surface area contributed by atoms with E-state index in [0.29, 0.717) is 22.9 Å². The summed E-state index contributed by atoms with van der Waals surface area (Å²) in [5.74, 6) is 0.976. The van der Waals surface area contributed by atoms with Crippen LogP contribution in [0, 0.1) is 6.92 Å². The van der Waals surface area contributed by atoms with Gasteiger partial charge in [-0.3, -0.25) is 0 Å². The van der Waals surface area contributed by atoms with Crippen LogP contribution in [-0.4, -0.2) is 24.6 Å². The maximum absolute atomic E-state index is 9.70. The predicted octanol–water partition coefficient (Wildman–Crippen LogP) is 4.21. The molecule has 2 aromatic heterocycles. The third kappa shape index (κ3) is 2.83. The van der Waals surface area contributed by atoms with Gasteiger partial charge in [-0.1, -0.05) is 41.9 Å². The highest BCUT2D eigenvalue weighted by Gasteiger charge is 2.18. The molecule has 2 heterocycles. The van der Waals surface area contributed by atoms with E-state index < -0.39 is 0 Å². The molecule has 0 aliphatic carbocycles. The molecule has 0 amide bonds. The Morgan fingerprint density at radius 3 is 2.64 bits per heavy atom. The predicted molar refractivity (Wildman–Crippen MR) is 97.7 cm³/mol. The third-order valence-corrected chi connectivity index (χ3v) is 4.40. The van der Waals surface area contributed by atoms with Gasteiger partial charge in [0.2, 0.25) is 0 Å². The molecular weight excluding hydrogens is 336 g/mol. The lowest BCUT2D eigenvalue weighted by Crippen LogP contribution is -2.04. The number of nitrogens with zero attached hydrogens (tertiary/aromatic N) is 4. The van der Waals surface area contributed by atoms with Crippen LogP contribution in [-0.2, 0) is 6.54 Å². The molecule has 0 fully saturated rings. The largest absolute Gasteiger partial charge is 0.508 e. The van der Waals surface area contributed by atoms with Crippen LogP contribution in [0.2, 0.25) is 5.15 Å². The van der Waals surface area contributed by atoms with Crippen LogP contribution in [0.15, 0.2) is 54.9 Å². The van der Waals surface area contributed by atoms with Crippen molar-refractivity contribution in [2.75, 3.05) is 0 Å². The molecule has 6 heteroatoms. The minimum absolute atomic E-state index is 0.227. The number of fused-ring (bicyclic) bond motifs is 1. The molecule has 124 valence electrons. The normalized spacial score (nSPS) is 11.1. The standard InChI is InChI=1S/C19H15ClN4O/c1-12-9-14(25)7-8-15(12)18-23-16-17(20)21-11-22-19(16)24(18)10-13-5-3-2-4-6-13/h2-9,11,25H,10H2,1H3. The summed E-state index contributed by atoms with van der Waals surface area (Å²) >= 11 is 6.23. The molecule has 4 rings (SSSR count). The summed E-state index contributed by atoms with van der Waals surface area (Å²) < 4.78 is 2.03. The van der Waals surface area contributed by atoms with E-state index in [1.165, 1.54) is 6.33 Å². The first-order chi connectivity index (χ1) is 12.1. The Bertz CT molecular complexity index is 1060. The van der Waals surface area contributed by atoms with Gasteiger partial charge in [-0.05, 0) is 36.2 Å². The lowest BCUT2D eigenvalue weighted by Gasteiger charge is -2.11. The molecule has 0 bridgehead atoms. The van der Waals surface area contributed by atoms with Crippen LogP contribution in [0.4, 0.5) is 0 Å². The number of phenolic OH excluding ortho intramolecular Hbond substituents is 1. The van der Waals surface area contributed by atoms with Gasteiger partial charge in [-0.15, -0.1) is 0 Å². The Morgan fingerprint density at radius 1 is 1.08 bits per heavy atom. The highest BCUT2D eigenvalue weighted by Crippen LogP contribution is 2.30. The van der Waals surface area contributed by atoms with Crippen molar-refractivity contribution in [2.24, 2.45) is 0 Å². The first-order valence-corrected chi connectivity index (χ1v) is 8.22. The number of hydrogen-bond donors (Lipinski definition) is 1. The van der Waals surface area contributed by atoms with E-state index >= 15 is 0 Å². The fraction of sp³-hybridized carbons (Fsp3) is 0.105. The molecule has 0 spiro atoms. The van der Waals surface area contributed by atoms with Crippen molar-refractivity contribution in [2.45, 2.75) is 13.5 Å². The van der Waals surface area contributed by atoms with Crippen molar-refractivity contribution < 1.29 is 5.11 Å². The SMILES string of the molecule is Cc1cc(O)ccc1-c1nc2c(Cl)ncnc2n1Cc1ccccc1. The fourth-order valence-electron chi connectivity index (χ4n) is 2.93. The Kier molecular flexibility index (Phi) is 3.86. The van der Waals surface area contributed by atoms with E-state index in [-0.39, 0.29) is 5.75 Å². The summed E-state index contributed by atoms with van der Waals surface area (Å²) in [6, 6.07) is 15.3. The Balaban J connectivity index is 1.96. The molecular formula is C19H15ClN4O. The zero-order chi connectivity index (χ0) is 17.4. The topological polar surface area (TPSA) is 63.8 Å². The van der Waals surface area contributed by atoms with Gasteiger partial charge in [0.25, 0.3) is 0 Å². The number of halogens is 1. The van der Waals surface area contributed by atoms with E-state index in [0.717, 1.165) is 22.5 Å². The number of imidazole rings is 1. The minimum Gasteiger partial charge on any atom is -0.508 e. The molecule has 0 aliphatic rings. The Labute approximate surface area is 149 Å². The van der Waals surface area contributed by atoms with Crippen LogP contribution in [0.3, 0.4) is 0 Å². The Morgan fingerprint density at radius 2 is 1.88 bits per heavy atom. The molecule has 4 aromatic rings. The fourth-order valence-corrected chi connectivity index (χ4v) is 3.10. The van der Waals surface area contributed by atoms with Gasteiger partial charge in [0.15, 0.2) is 10.8 Å². The van der Waals surface area contributed by atoms with Crippen molar-refractivity contribution in [3.8, 4) is 17.1 Å². The quantitative estimate of drug-likeness (QED) is 0.562. The summed E-state index contributed by atoms with van der Waals surface area (Å²) in [7, 11) is 0. The zero-order valence-corrected chi connectivity index (χ0v) is 14.3. The second kappa shape index (κ2) is 6.18. The smallest absolute Gasteiger partial charge is 0.165 e. The number of benzene rings is 2. The van der Waals surface area contributed by atoms with Gasteiger partial charge in [0, 0.05) is 5.56 Å². The minimum atomic E-state index is 0.227. The highest BCUT2D eigenvalue weighted by molar-refractivity contribution is 6.33. The number of aromatic nitrogens is 4. The molecule has 25 heavy (non-hydrogen) atoms. The molecule has 1 N–H and O–H groups in total. The van der Waals surface area contributed by atoms with Crippen molar-refractivity contribution in [1.29, 1.82) is 0 Å². The lowest BCUT2D eigenvalue weighted by molar-refractivity contribution is 0.475. The van der Waals surface area contributed by atoms with E-state index in [1.54, 1.807) is 12.1 Å². The monoisotopic (exact) mass is 350 g/mol. The van der Waals surface area contributed by atoms with E-state index in [4.69, 9.17) is 16.6 Å². The van der Waals surface area contributed by atoms with Crippen LogP contribution in [0.25, 0.3) is 22.6 Å². The number of phenols is 1. The van der Waals surface area contributed by atoms with Crippen LogP contribution in [0.1, 0.15) is 11.1 Å². The summed E-state index contributed by atoms with van der Waals surface area (Å²) in [5, 5.41) is 10.0. The molecule has 0 radical (unpaired) electrons. The summed E-state index contributed by atoms with van der Waals surface area (Å²) in [6.07, 6.45) is 1.45. The molecule has 0 saturated carbocycles. The van der Waals surface area contributed by atoms with Crippen molar-refractivity contribution in [3.05, 3.63) is 71.1 Å².